The van der Waals surface area contributed by atoms with E-state index in [0.717, 1.165) is 5.69 Å². The van der Waals surface area contributed by atoms with Crippen LogP contribution in [-0.2, 0) is 0 Å². The van der Waals surface area contributed by atoms with Crippen LogP contribution in [0.4, 0.5) is 5.69 Å². The van der Waals surface area contributed by atoms with E-state index in [1.54, 1.807) is 6.07 Å². The van der Waals surface area contributed by atoms with Crippen LogP contribution in [-0.4, -0.2) is 19.0 Å². The van der Waals surface area contributed by atoms with Gasteiger partial charge in [-0.2, -0.15) is 0 Å². The fourth-order valence-electron chi connectivity index (χ4n) is 2.65. The van der Waals surface area contributed by atoms with Crippen molar-refractivity contribution in [2.75, 3.05) is 11.9 Å². The second-order valence-electron chi connectivity index (χ2n) is 4.78. The standard InChI is InChI=1S/C14H20N2O/c1-16(11-7-3-2-4-8-11)13-10-6-5-9-12(13)14(15)17/h5-6,9-11H,2-4,7-8H2,1H3,(H2,15,17). The molecule has 2 N–H and O–H groups in total. The van der Waals surface area contributed by atoms with Gasteiger partial charge in [0.15, 0.2) is 0 Å². The summed E-state index contributed by atoms with van der Waals surface area (Å²) in [6.45, 7) is 0. The molecule has 1 aliphatic carbocycles. The summed E-state index contributed by atoms with van der Waals surface area (Å²) in [5, 5.41) is 0. The first-order valence-electron chi connectivity index (χ1n) is 6.32. The van der Waals surface area contributed by atoms with Crippen molar-refractivity contribution in [3.05, 3.63) is 29.8 Å². The number of carbonyl (C=O) groups is 1. The third-order valence-corrected chi connectivity index (χ3v) is 3.67. The molecule has 3 nitrogen and oxygen atoms in total. The molecule has 1 amide bonds. The maximum atomic E-state index is 11.4. The van der Waals surface area contributed by atoms with E-state index in [-0.39, 0.29) is 5.91 Å². The van der Waals surface area contributed by atoms with Crippen LogP contribution in [0.2, 0.25) is 0 Å². The minimum Gasteiger partial charge on any atom is -0.371 e. The summed E-state index contributed by atoms with van der Waals surface area (Å²) in [5.74, 6) is -0.344. The third-order valence-electron chi connectivity index (χ3n) is 3.67. The van der Waals surface area contributed by atoms with Gasteiger partial charge in [0.25, 0.3) is 5.91 Å². The molecule has 0 spiro atoms. The van der Waals surface area contributed by atoms with Crippen LogP contribution in [0.25, 0.3) is 0 Å². The van der Waals surface area contributed by atoms with Gasteiger partial charge in [-0.05, 0) is 25.0 Å². The first-order valence-corrected chi connectivity index (χ1v) is 6.32. The van der Waals surface area contributed by atoms with Gasteiger partial charge < -0.3 is 10.6 Å². The van der Waals surface area contributed by atoms with Crippen LogP contribution in [0.1, 0.15) is 42.5 Å². The number of primary amides is 1. The maximum Gasteiger partial charge on any atom is 0.250 e. The van der Waals surface area contributed by atoms with Crippen LogP contribution in [0.5, 0.6) is 0 Å². The van der Waals surface area contributed by atoms with E-state index in [0.29, 0.717) is 11.6 Å². The highest BCUT2D eigenvalue weighted by Crippen LogP contribution is 2.28. The highest BCUT2D eigenvalue weighted by molar-refractivity contribution is 5.98. The van der Waals surface area contributed by atoms with Gasteiger partial charge in [0.05, 0.1) is 5.56 Å². The van der Waals surface area contributed by atoms with Crippen molar-refractivity contribution >= 4 is 11.6 Å². The quantitative estimate of drug-likeness (QED) is 0.870. The first kappa shape index (κ1) is 12.0. The van der Waals surface area contributed by atoms with Gasteiger partial charge in [0, 0.05) is 18.8 Å². The van der Waals surface area contributed by atoms with Crippen LogP contribution in [0.15, 0.2) is 24.3 Å². The topological polar surface area (TPSA) is 46.3 Å². The Kier molecular flexibility index (Phi) is 3.67. The van der Waals surface area contributed by atoms with Gasteiger partial charge in [0.1, 0.15) is 0 Å². The first-order chi connectivity index (χ1) is 8.20. The van der Waals surface area contributed by atoms with Crippen molar-refractivity contribution < 1.29 is 4.79 Å². The van der Waals surface area contributed by atoms with E-state index in [1.807, 2.05) is 18.2 Å². The second-order valence-corrected chi connectivity index (χ2v) is 4.78. The Morgan fingerprint density at radius 1 is 1.24 bits per heavy atom. The van der Waals surface area contributed by atoms with Crippen LogP contribution in [0, 0.1) is 0 Å². The zero-order valence-corrected chi connectivity index (χ0v) is 10.4. The average molecular weight is 232 g/mol. The second kappa shape index (κ2) is 5.21. The number of benzene rings is 1. The number of rotatable bonds is 3. The van der Waals surface area contributed by atoms with Gasteiger partial charge in [-0.3, -0.25) is 4.79 Å². The van der Waals surface area contributed by atoms with Gasteiger partial charge in [-0.1, -0.05) is 31.4 Å². The molecule has 92 valence electrons. The molecule has 17 heavy (non-hydrogen) atoms. The largest absolute Gasteiger partial charge is 0.371 e. The Morgan fingerprint density at radius 3 is 2.53 bits per heavy atom. The van der Waals surface area contributed by atoms with Crippen molar-refractivity contribution in [3.63, 3.8) is 0 Å². The van der Waals surface area contributed by atoms with Crippen molar-refractivity contribution in [1.29, 1.82) is 0 Å². The van der Waals surface area contributed by atoms with Gasteiger partial charge >= 0.3 is 0 Å². The Morgan fingerprint density at radius 2 is 1.88 bits per heavy atom. The van der Waals surface area contributed by atoms with E-state index < -0.39 is 0 Å². The number of nitrogens with two attached hydrogens (primary N) is 1. The summed E-state index contributed by atoms with van der Waals surface area (Å²) in [5.41, 5.74) is 7.01. The lowest BCUT2D eigenvalue weighted by Crippen LogP contribution is -2.34. The average Bonchev–Trinajstić information content (AvgIpc) is 2.39. The number of hydrogen-bond donors (Lipinski definition) is 1. The van der Waals surface area contributed by atoms with Crippen LogP contribution in [0.3, 0.4) is 0 Å². The molecular formula is C14H20N2O. The molecule has 0 heterocycles. The SMILES string of the molecule is CN(c1ccccc1C(N)=O)C1CCCCC1. The molecule has 0 atom stereocenters. The zero-order valence-electron chi connectivity index (χ0n) is 10.4. The number of carbonyl (C=O) groups excluding carboxylic acids is 1. The number of amides is 1. The number of anilines is 1. The van der Waals surface area contributed by atoms with Crippen molar-refractivity contribution in [2.45, 2.75) is 38.1 Å². The van der Waals surface area contributed by atoms with Crippen molar-refractivity contribution in [2.24, 2.45) is 5.73 Å². The summed E-state index contributed by atoms with van der Waals surface area (Å²) in [6.07, 6.45) is 6.33. The lowest BCUT2D eigenvalue weighted by Gasteiger charge is -2.33. The highest BCUT2D eigenvalue weighted by Gasteiger charge is 2.21. The predicted octanol–water partition coefficient (Wildman–Crippen LogP) is 2.55. The molecule has 0 unspecified atom stereocenters. The molecule has 0 bridgehead atoms. The summed E-state index contributed by atoms with van der Waals surface area (Å²) in [4.78, 5) is 13.6. The van der Waals surface area contributed by atoms with E-state index in [9.17, 15) is 4.79 Å². The van der Waals surface area contributed by atoms with Crippen molar-refractivity contribution in [3.8, 4) is 0 Å². The van der Waals surface area contributed by atoms with E-state index in [2.05, 4.69) is 11.9 Å². The molecule has 1 aliphatic rings. The number of para-hydroxylation sites is 1. The fourth-order valence-corrected chi connectivity index (χ4v) is 2.65. The fraction of sp³-hybridized carbons (Fsp3) is 0.500. The smallest absolute Gasteiger partial charge is 0.250 e. The molecule has 0 aromatic heterocycles. The molecule has 1 aromatic carbocycles. The van der Waals surface area contributed by atoms with Crippen LogP contribution < -0.4 is 10.6 Å². The van der Waals surface area contributed by atoms with Crippen LogP contribution >= 0.6 is 0 Å². The third kappa shape index (κ3) is 2.60. The Bertz CT molecular complexity index is 397. The molecule has 1 aromatic rings. The predicted molar refractivity (Wildman–Crippen MR) is 70.2 cm³/mol. The van der Waals surface area contributed by atoms with E-state index in [4.69, 9.17) is 5.73 Å². The monoisotopic (exact) mass is 232 g/mol. The summed E-state index contributed by atoms with van der Waals surface area (Å²) in [6, 6.07) is 8.15. The normalized spacial score (nSPS) is 16.8. The number of nitrogens with zero attached hydrogens (tertiary/aromatic N) is 1. The lowest BCUT2D eigenvalue weighted by atomic mass is 9.94. The molecule has 0 saturated heterocycles. The Balaban J connectivity index is 2.23. The molecular weight excluding hydrogens is 212 g/mol. The Labute approximate surface area is 103 Å². The van der Waals surface area contributed by atoms with Gasteiger partial charge in [-0.25, -0.2) is 0 Å². The number of hydrogen-bond acceptors (Lipinski definition) is 2. The maximum absolute atomic E-state index is 11.4. The highest BCUT2D eigenvalue weighted by atomic mass is 16.1. The molecule has 3 heteroatoms. The summed E-state index contributed by atoms with van der Waals surface area (Å²) < 4.78 is 0. The van der Waals surface area contributed by atoms with E-state index in [1.165, 1.54) is 32.1 Å². The van der Waals surface area contributed by atoms with Gasteiger partial charge in [-0.15, -0.1) is 0 Å². The molecule has 1 fully saturated rings. The summed E-state index contributed by atoms with van der Waals surface area (Å²) in [7, 11) is 2.07. The minimum atomic E-state index is -0.344. The molecule has 1 saturated carbocycles. The Hall–Kier alpha value is -1.51. The van der Waals surface area contributed by atoms with Gasteiger partial charge in [0.2, 0.25) is 0 Å². The molecule has 0 aliphatic heterocycles. The zero-order chi connectivity index (χ0) is 12.3. The molecule has 0 radical (unpaired) electrons. The molecule has 2 rings (SSSR count). The minimum absolute atomic E-state index is 0.344. The lowest BCUT2D eigenvalue weighted by molar-refractivity contribution is 0.100. The summed E-state index contributed by atoms with van der Waals surface area (Å²) >= 11 is 0. The van der Waals surface area contributed by atoms with E-state index >= 15 is 0 Å². The van der Waals surface area contributed by atoms with Crippen molar-refractivity contribution in [1.82, 2.24) is 0 Å².